The van der Waals surface area contributed by atoms with Gasteiger partial charge in [0, 0.05) is 38.3 Å². The first kappa shape index (κ1) is 15.0. The Labute approximate surface area is 125 Å². The van der Waals surface area contributed by atoms with Gasteiger partial charge in [0.25, 0.3) is 0 Å². The minimum Gasteiger partial charge on any atom is -0.469 e. The molecule has 3 heterocycles. The SMILES string of the molecule is OC(COC1CCOCC1)CN1CCCc2occc2C1. The van der Waals surface area contributed by atoms with Gasteiger partial charge in [0.2, 0.25) is 0 Å². The zero-order chi connectivity index (χ0) is 14.5. The van der Waals surface area contributed by atoms with Crippen LogP contribution >= 0.6 is 0 Å². The van der Waals surface area contributed by atoms with Crippen LogP contribution in [-0.2, 0) is 22.4 Å². The van der Waals surface area contributed by atoms with Crippen LogP contribution in [0, 0.1) is 0 Å². The molecule has 1 N–H and O–H groups in total. The van der Waals surface area contributed by atoms with Crippen LogP contribution in [0.4, 0.5) is 0 Å². The smallest absolute Gasteiger partial charge is 0.108 e. The highest BCUT2D eigenvalue weighted by atomic mass is 16.5. The van der Waals surface area contributed by atoms with Gasteiger partial charge in [-0.15, -0.1) is 0 Å². The zero-order valence-electron chi connectivity index (χ0n) is 12.5. The third-order valence-electron chi connectivity index (χ3n) is 4.27. The maximum Gasteiger partial charge on any atom is 0.108 e. The maximum absolute atomic E-state index is 10.2. The highest BCUT2D eigenvalue weighted by molar-refractivity contribution is 5.18. The summed E-state index contributed by atoms with van der Waals surface area (Å²) in [5.41, 5.74) is 1.25. The summed E-state index contributed by atoms with van der Waals surface area (Å²) < 4.78 is 16.6. The number of β-amino-alcohol motifs (C(OH)–C–C–N with tert-alkyl or cyclic N) is 1. The summed E-state index contributed by atoms with van der Waals surface area (Å²) in [5.74, 6) is 1.10. The van der Waals surface area contributed by atoms with E-state index < -0.39 is 6.10 Å². The molecule has 1 saturated heterocycles. The van der Waals surface area contributed by atoms with Gasteiger partial charge in [-0.1, -0.05) is 0 Å². The molecule has 3 rings (SSSR count). The van der Waals surface area contributed by atoms with Crippen molar-refractivity contribution in [3.05, 3.63) is 23.7 Å². The minimum atomic E-state index is -0.429. The van der Waals surface area contributed by atoms with Gasteiger partial charge in [0.15, 0.2) is 0 Å². The molecule has 0 aromatic carbocycles. The van der Waals surface area contributed by atoms with Crippen LogP contribution in [0.3, 0.4) is 0 Å². The van der Waals surface area contributed by atoms with Crippen molar-refractivity contribution in [1.82, 2.24) is 4.90 Å². The predicted octanol–water partition coefficient (Wildman–Crippen LogP) is 1.58. The molecule has 5 heteroatoms. The van der Waals surface area contributed by atoms with Crippen LogP contribution in [-0.4, -0.2) is 55.1 Å². The van der Waals surface area contributed by atoms with E-state index in [0.29, 0.717) is 13.2 Å². The standard InChI is InChI=1S/C16H25NO4/c18-14(12-21-15-4-7-19-8-5-15)11-17-6-1-2-16-13(10-17)3-9-20-16/h3,9,14-15,18H,1-2,4-8,10-12H2. The number of fused-ring (bicyclic) bond motifs is 1. The number of furan rings is 1. The lowest BCUT2D eigenvalue weighted by Gasteiger charge is -2.26. The van der Waals surface area contributed by atoms with E-state index in [2.05, 4.69) is 4.90 Å². The van der Waals surface area contributed by atoms with E-state index in [1.54, 1.807) is 6.26 Å². The molecular weight excluding hydrogens is 270 g/mol. The number of aliphatic hydroxyl groups is 1. The van der Waals surface area contributed by atoms with Gasteiger partial charge in [0.05, 0.1) is 25.1 Å². The number of rotatable bonds is 5. The van der Waals surface area contributed by atoms with Gasteiger partial charge in [-0.3, -0.25) is 4.90 Å². The lowest BCUT2D eigenvalue weighted by atomic mass is 10.1. The Kier molecular flexibility index (Phi) is 5.30. The van der Waals surface area contributed by atoms with Crippen molar-refractivity contribution in [2.45, 2.75) is 44.4 Å². The molecular formula is C16H25NO4. The summed E-state index contributed by atoms with van der Waals surface area (Å²) in [4.78, 5) is 2.29. The van der Waals surface area contributed by atoms with Gasteiger partial charge in [0.1, 0.15) is 5.76 Å². The fraction of sp³-hybridized carbons (Fsp3) is 0.750. The molecule has 2 aliphatic heterocycles. The second-order valence-corrected chi connectivity index (χ2v) is 6.01. The molecule has 1 atom stereocenters. The van der Waals surface area contributed by atoms with E-state index in [0.717, 1.165) is 57.7 Å². The molecule has 0 saturated carbocycles. The van der Waals surface area contributed by atoms with Crippen molar-refractivity contribution < 1.29 is 19.0 Å². The molecule has 1 aromatic rings. The first-order valence-electron chi connectivity index (χ1n) is 7.96. The summed E-state index contributed by atoms with van der Waals surface area (Å²) >= 11 is 0. The Morgan fingerprint density at radius 3 is 3.10 bits per heavy atom. The lowest BCUT2D eigenvalue weighted by molar-refractivity contribution is -0.0644. The second kappa shape index (κ2) is 7.40. The molecule has 1 fully saturated rings. The number of ether oxygens (including phenoxy) is 2. The quantitative estimate of drug-likeness (QED) is 0.894. The van der Waals surface area contributed by atoms with Gasteiger partial charge in [-0.25, -0.2) is 0 Å². The molecule has 21 heavy (non-hydrogen) atoms. The van der Waals surface area contributed by atoms with Crippen molar-refractivity contribution >= 4 is 0 Å². The molecule has 2 aliphatic rings. The fourth-order valence-corrected chi connectivity index (χ4v) is 3.11. The Balaban J connectivity index is 1.43. The molecule has 0 radical (unpaired) electrons. The molecule has 0 aliphatic carbocycles. The van der Waals surface area contributed by atoms with Crippen LogP contribution in [0.25, 0.3) is 0 Å². The van der Waals surface area contributed by atoms with E-state index in [-0.39, 0.29) is 6.10 Å². The van der Waals surface area contributed by atoms with E-state index >= 15 is 0 Å². The van der Waals surface area contributed by atoms with Crippen molar-refractivity contribution in [2.24, 2.45) is 0 Å². The lowest BCUT2D eigenvalue weighted by Crippen LogP contribution is -2.36. The average molecular weight is 295 g/mol. The third-order valence-corrected chi connectivity index (χ3v) is 4.27. The summed E-state index contributed by atoms with van der Waals surface area (Å²) in [5, 5.41) is 10.2. The Bertz CT molecular complexity index is 428. The molecule has 1 aromatic heterocycles. The van der Waals surface area contributed by atoms with Crippen LogP contribution < -0.4 is 0 Å². The van der Waals surface area contributed by atoms with E-state index in [1.165, 1.54) is 5.56 Å². The Hall–Kier alpha value is -0.880. The number of aliphatic hydroxyl groups excluding tert-OH is 1. The van der Waals surface area contributed by atoms with Crippen molar-refractivity contribution in [2.75, 3.05) is 32.9 Å². The van der Waals surface area contributed by atoms with E-state index in [9.17, 15) is 5.11 Å². The average Bonchev–Trinajstić information content (AvgIpc) is 2.85. The summed E-state index contributed by atoms with van der Waals surface area (Å²) in [6.07, 6.45) is 5.53. The highest BCUT2D eigenvalue weighted by Gasteiger charge is 2.20. The summed E-state index contributed by atoms with van der Waals surface area (Å²) in [6, 6.07) is 2.04. The largest absolute Gasteiger partial charge is 0.469 e. The van der Waals surface area contributed by atoms with Crippen molar-refractivity contribution in [3.8, 4) is 0 Å². The monoisotopic (exact) mass is 295 g/mol. The maximum atomic E-state index is 10.2. The fourth-order valence-electron chi connectivity index (χ4n) is 3.11. The number of nitrogens with zero attached hydrogens (tertiary/aromatic N) is 1. The first-order chi connectivity index (χ1) is 10.3. The predicted molar refractivity (Wildman–Crippen MR) is 78.1 cm³/mol. The molecule has 0 bridgehead atoms. The van der Waals surface area contributed by atoms with Gasteiger partial charge in [-0.2, -0.15) is 0 Å². The highest BCUT2D eigenvalue weighted by Crippen LogP contribution is 2.20. The van der Waals surface area contributed by atoms with Gasteiger partial charge < -0.3 is 19.0 Å². The van der Waals surface area contributed by atoms with E-state index in [4.69, 9.17) is 13.9 Å². The molecule has 0 amide bonds. The molecule has 1 unspecified atom stereocenters. The zero-order valence-corrected chi connectivity index (χ0v) is 12.5. The van der Waals surface area contributed by atoms with Gasteiger partial charge >= 0.3 is 0 Å². The number of aryl methyl sites for hydroxylation is 1. The topological polar surface area (TPSA) is 55.1 Å². The van der Waals surface area contributed by atoms with E-state index in [1.807, 2.05) is 6.07 Å². The summed E-state index contributed by atoms with van der Waals surface area (Å²) in [6.45, 7) is 4.48. The number of hydrogen-bond acceptors (Lipinski definition) is 5. The number of hydrogen-bond donors (Lipinski definition) is 1. The Morgan fingerprint density at radius 1 is 1.38 bits per heavy atom. The molecule has 118 valence electrons. The van der Waals surface area contributed by atoms with Crippen LogP contribution in [0.1, 0.15) is 30.6 Å². The second-order valence-electron chi connectivity index (χ2n) is 6.01. The minimum absolute atomic E-state index is 0.248. The third kappa shape index (κ3) is 4.30. The Morgan fingerprint density at radius 2 is 2.24 bits per heavy atom. The van der Waals surface area contributed by atoms with Gasteiger partial charge in [-0.05, 0) is 31.9 Å². The van der Waals surface area contributed by atoms with Crippen LogP contribution in [0.2, 0.25) is 0 Å². The van der Waals surface area contributed by atoms with Crippen molar-refractivity contribution in [3.63, 3.8) is 0 Å². The normalized spacial score (nSPS) is 22.7. The summed E-state index contributed by atoms with van der Waals surface area (Å²) in [7, 11) is 0. The van der Waals surface area contributed by atoms with Crippen LogP contribution in [0.15, 0.2) is 16.7 Å². The molecule has 0 spiro atoms. The van der Waals surface area contributed by atoms with Crippen LogP contribution in [0.5, 0.6) is 0 Å². The first-order valence-corrected chi connectivity index (χ1v) is 7.96. The van der Waals surface area contributed by atoms with Crippen molar-refractivity contribution in [1.29, 1.82) is 0 Å². The molecule has 5 nitrogen and oxygen atoms in total.